The Hall–Kier alpha value is -4.82. The van der Waals surface area contributed by atoms with Crippen LogP contribution in [0.15, 0.2) is 70.9 Å². The van der Waals surface area contributed by atoms with Gasteiger partial charge in [-0.15, -0.1) is 0 Å². The molecule has 0 bridgehead atoms. The van der Waals surface area contributed by atoms with Crippen molar-refractivity contribution in [2.75, 3.05) is 36.5 Å². The summed E-state index contributed by atoms with van der Waals surface area (Å²) in [4.78, 5) is 40.6. The summed E-state index contributed by atoms with van der Waals surface area (Å²) in [5.41, 5.74) is 4.34. The molecule has 1 aliphatic carbocycles. The predicted octanol–water partition coefficient (Wildman–Crippen LogP) is 3.22. The van der Waals surface area contributed by atoms with Crippen molar-refractivity contribution in [3.63, 3.8) is 0 Å². The Labute approximate surface area is 295 Å². The molecule has 13 nitrogen and oxygen atoms in total. The second-order valence-electron chi connectivity index (χ2n) is 15.3. The molecule has 2 fully saturated rings. The number of hydrogen-bond donors (Lipinski definition) is 3. The number of aliphatic hydroxyl groups excluding tert-OH is 1. The molecular formula is C38H44N8O5. The Morgan fingerprint density at radius 2 is 1.84 bits per heavy atom. The maximum absolute atomic E-state index is 13.8. The van der Waals surface area contributed by atoms with Gasteiger partial charge < -0.3 is 34.1 Å². The summed E-state index contributed by atoms with van der Waals surface area (Å²) in [6, 6.07) is 9.70. The van der Waals surface area contributed by atoms with Crippen LogP contribution in [0.25, 0.3) is 22.5 Å². The summed E-state index contributed by atoms with van der Waals surface area (Å²) in [5, 5.41) is 25.2. The molecule has 13 heteroatoms. The van der Waals surface area contributed by atoms with Crippen molar-refractivity contribution >= 4 is 22.7 Å². The van der Waals surface area contributed by atoms with E-state index in [9.17, 15) is 19.8 Å². The number of pyridine rings is 3. The van der Waals surface area contributed by atoms with Crippen molar-refractivity contribution in [2.24, 2.45) is 12.5 Å². The molecule has 8 rings (SSSR count). The summed E-state index contributed by atoms with van der Waals surface area (Å²) in [6.07, 6.45) is 10.4. The number of piperazine rings is 1. The maximum Gasteiger partial charge on any atom is 0.280 e. The number of aromatic nitrogens is 5. The normalized spacial score (nSPS) is 21.9. The molecule has 5 aromatic rings. The molecule has 0 aromatic carbocycles. The number of β-amino-alcohol motifs (C(OH)–C–C–N with tert-alkyl or cyclic N) is 1. The SMILES string of the molecule is C[C@@H]1CN(c2ccc(Nc3cc(-c4ccnc(-n5ccn6c7c(cc6c5=O)CC(C)(C)C7)c4CO)cn(C)c3=O)nc2)[C@@](C)(O)CN1C1COC1. The number of nitrogens with zero attached hydrogens (tertiary/aromatic N) is 7. The van der Waals surface area contributed by atoms with E-state index in [4.69, 9.17) is 4.74 Å². The molecule has 51 heavy (non-hydrogen) atoms. The number of nitrogens with one attached hydrogen (secondary N) is 1. The summed E-state index contributed by atoms with van der Waals surface area (Å²) >= 11 is 0. The molecule has 0 unspecified atom stereocenters. The van der Waals surface area contributed by atoms with Gasteiger partial charge in [-0.05, 0) is 73.6 Å². The van der Waals surface area contributed by atoms with Gasteiger partial charge in [-0.3, -0.25) is 19.1 Å². The quantitative estimate of drug-likeness (QED) is 0.233. The Bertz CT molecular complexity index is 2270. The van der Waals surface area contributed by atoms with Gasteiger partial charge >= 0.3 is 0 Å². The second kappa shape index (κ2) is 12.2. The van der Waals surface area contributed by atoms with Crippen molar-refractivity contribution < 1.29 is 14.9 Å². The van der Waals surface area contributed by atoms with Crippen LogP contribution < -0.4 is 21.3 Å². The van der Waals surface area contributed by atoms with Gasteiger partial charge in [0, 0.05) is 67.8 Å². The van der Waals surface area contributed by atoms with Gasteiger partial charge in [0.2, 0.25) is 0 Å². The lowest BCUT2D eigenvalue weighted by molar-refractivity contribution is -0.117. The lowest BCUT2D eigenvalue weighted by atomic mass is 9.90. The van der Waals surface area contributed by atoms with Gasteiger partial charge in [0.15, 0.2) is 0 Å². The molecule has 0 amide bonds. The van der Waals surface area contributed by atoms with Gasteiger partial charge in [-0.2, -0.15) is 0 Å². The van der Waals surface area contributed by atoms with Crippen LogP contribution in [0.5, 0.6) is 0 Å². The van der Waals surface area contributed by atoms with Gasteiger partial charge in [-0.25, -0.2) is 9.97 Å². The molecule has 0 radical (unpaired) electrons. The third-order valence-corrected chi connectivity index (χ3v) is 10.8. The van der Waals surface area contributed by atoms with Crippen molar-refractivity contribution in [3.05, 3.63) is 98.8 Å². The third-order valence-electron chi connectivity index (χ3n) is 10.8. The number of ether oxygens (including phenoxy) is 1. The van der Waals surface area contributed by atoms with Gasteiger partial charge in [-0.1, -0.05) is 13.8 Å². The lowest BCUT2D eigenvalue weighted by Crippen LogP contribution is -2.68. The number of fused-ring (bicyclic) bond motifs is 3. The molecule has 2 saturated heterocycles. The highest BCUT2D eigenvalue weighted by atomic mass is 16.5. The average Bonchev–Trinajstić information content (AvgIpc) is 3.56. The number of aliphatic hydroxyl groups is 2. The van der Waals surface area contributed by atoms with Crippen LogP contribution in [0.1, 0.15) is 44.5 Å². The Morgan fingerprint density at radius 3 is 2.55 bits per heavy atom. The molecule has 266 valence electrons. The van der Waals surface area contributed by atoms with E-state index in [0.29, 0.717) is 71.9 Å². The molecular weight excluding hydrogens is 648 g/mol. The monoisotopic (exact) mass is 692 g/mol. The number of hydrogen-bond acceptors (Lipinski definition) is 10. The van der Waals surface area contributed by atoms with Crippen molar-refractivity contribution in [2.45, 2.75) is 65.0 Å². The second-order valence-corrected chi connectivity index (χ2v) is 15.3. The van der Waals surface area contributed by atoms with E-state index in [-0.39, 0.29) is 29.2 Å². The highest BCUT2D eigenvalue weighted by molar-refractivity contribution is 5.73. The zero-order valence-corrected chi connectivity index (χ0v) is 29.6. The Balaban J connectivity index is 1.08. The molecule has 3 N–H and O–H groups in total. The van der Waals surface area contributed by atoms with Crippen LogP contribution in [-0.4, -0.2) is 82.7 Å². The zero-order valence-electron chi connectivity index (χ0n) is 29.6. The largest absolute Gasteiger partial charge is 0.392 e. The van der Waals surface area contributed by atoms with Gasteiger partial charge in [0.25, 0.3) is 11.1 Å². The van der Waals surface area contributed by atoms with Crippen LogP contribution in [0.4, 0.5) is 17.2 Å². The Kier molecular flexibility index (Phi) is 7.94. The van der Waals surface area contributed by atoms with Gasteiger partial charge in [0.1, 0.15) is 28.6 Å². The highest BCUT2D eigenvalue weighted by Gasteiger charge is 2.43. The zero-order chi connectivity index (χ0) is 35.8. The van der Waals surface area contributed by atoms with Crippen molar-refractivity contribution in [1.82, 2.24) is 28.4 Å². The Morgan fingerprint density at radius 1 is 1.04 bits per heavy atom. The molecule has 2 aliphatic heterocycles. The van der Waals surface area contributed by atoms with E-state index in [2.05, 4.69) is 41.0 Å². The highest BCUT2D eigenvalue weighted by Crippen LogP contribution is 2.38. The first kappa shape index (κ1) is 33.3. The van der Waals surface area contributed by atoms with Crippen LogP contribution in [0.3, 0.4) is 0 Å². The molecule has 2 atom stereocenters. The van der Waals surface area contributed by atoms with E-state index in [1.54, 1.807) is 50.0 Å². The fraction of sp³-hybridized carbons (Fsp3) is 0.421. The maximum atomic E-state index is 13.8. The smallest absolute Gasteiger partial charge is 0.280 e. The lowest BCUT2D eigenvalue weighted by Gasteiger charge is -2.53. The van der Waals surface area contributed by atoms with Crippen molar-refractivity contribution in [3.8, 4) is 16.9 Å². The van der Waals surface area contributed by atoms with Crippen LogP contribution in [0.2, 0.25) is 0 Å². The minimum atomic E-state index is -1.09. The summed E-state index contributed by atoms with van der Waals surface area (Å²) in [6.45, 7) is 10.6. The third kappa shape index (κ3) is 5.74. The van der Waals surface area contributed by atoms with Crippen LogP contribution in [-0.2, 0) is 31.2 Å². The van der Waals surface area contributed by atoms with E-state index >= 15 is 0 Å². The van der Waals surface area contributed by atoms with E-state index in [1.807, 2.05) is 34.6 Å². The van der Waals surface area contributed by atoms with E-state index in [1.165, 1.54) is 14.7 Å². The fourth-order valence-corrected chi connectivity index (χ4v) is 8.09. The van der Waals surface area contributed by atoms with E-state index < -0.39 is 5.72 Å². The molecule has 7 heterocycles. The van der Waals surface area contributed by atoms with E-state index in [0.717, 1.165) is 24.2 Å². The number of rotatable bonds is 7. The van der Waals surface area contributed by atoms with Crippen LogP contribution in [0, 0.1) is 5.41 Å². The number of aryl methyl sites for hydroxylation is 1. The first-order valence-corrected chi connectivity index (χ1v) is 17.4. The van der Waals surface area contributed by atoms with Gasteiger partial charge in [0.05, 0.1) is 37.7 Å². The molecule has 5 aromatic heterocycles. The summed E-state index contributed by atoms with van der Waals surface area (Å²) in [7, 11) is 1.67. The first-order chi connectivity index (χ1) is 24.3. The molecule has 0 saturated carbocycles. The first-order valence-electron chi connectivity index (χ1n) is 17.4. The predicted molar refractivity (Wildman–Crippen MR) is 195 cm³/mol. The van der Waals surface area contributed by atoms with Crippen LogP contribution >= 0.6 is 0 Å². The topological polar surface area (TPSA) is 142 Å². The fourth-order valence-electron chi connectivity index (χ4n) is 8.09. The average molecular weight is 693 g/mol. The molecule has 3 aliphatic rings. The van der Waals surface area contributed by atoms with Crippen molar-refractivity contribution in [1.29, 1.82) is 0 Å². The number of anilines is 3. The minimum Gasteiger partial charge on any atom is -0.392 e. The summed E-state index contributed by atoms with van der Waals surface area (Å²) < 4.78 is 10.3. The molecule has 0 spiro atoms. The standard InChI is InChI=1S/C38H44N8O5/c1-23-17-46(38(4,50)22-45(23)27-20-51-21-27)26-6-7-33(40-16-26)41-30-12-25(18-42(5)35(30)48)28-8-9-39-34(29(28)19-47)44-11-10-43-31(36(44)49)13-24-14-37(2,3)15-32(24)43/h6-13,16,18,23,27,47,50H,14-15,17,19-22H2,1-5H3,(H,40,41)/t23-,38+/m1/s1. The minimum absolute atomic E-state index is 0.159. The summed E-state index contributed by atoms with van der Waals surface area (Å²) in [5.74, 6) is 0.794.